The minimum atomic E-state index is -0.471. The number of rotatable bonds is 7. The number of aliphatic hydroxyl groups is 1. The maximum Gasteiger partial charge on any atom is 0.0897 e. The fourth-order valence-electron chi connectivity index (χ4n) is 2.62. The van der Waals surface area contributed by atoms with Crippen molar-refractivity contribution in [3.8, 4) is 0 Å². The molecule has 1 aromatic heterocycles. The Morgan fingerprint density at radius 2 is 2.30 bits per heavy atom. The van der Waals surface area contributed by atoms with E-state index in [0.717, 1.165) is 12.1 Å². The molecule has 5 nitrogen and oxygen atoms in total. The predicted octanol–water partition coefficient (Wildman–Crippen LogP) is 1.52. The fourth-order valence-corrected chi connectivity index (χ4v) is 2.62. The second kappa shape index (κ2) is 8.29. The first-order valence-electron chi connectivity index (χ1n) is 7.52. The van der Waals surface area contributed by atoms with Crippen molar-refractivity contribution in [2.24, 2.45) is 5.92 Å². The van der Waals surface area contributed by atoms with Crippen LogP contribution in [-0.2, 0) is 11.3 Å². The Morgan fingerprint density at radius 3 is 3.05 bits per heavy atom. The molecule has 0 radical (unpaired) electrons. The van der Waals surface area contributed by atoms with E-state index in [2.05, 4.69) is 22.4 Å². The van der Waals surface area contributed by atoms with E-state index in [1.807, 2.05) is 12.1 Å². The van der Waals surface area contributed by atoms with Crippen LogP contribution in [0, 0.1) is 5.92 Å². The first kappa shape index (κ1) is 15.4. The number of aliphatic hydroxyl groups excluding tert-OH is 1. The molecular weight excluding hydrogens is 254 g/mol. The minimum Gasteiger partial charge on any atom is -0.389 e. The smallest absolute Gasteiger partial charge is 0.0897 e. The zero-order valence-corrected chi connectivity index (χ0v) is 12.2. The lowest BCUT2D eigenvalue weighted by molar-refractivity contribution is -0.0452. The van der Waals surface area contributed by atoms with E-state index in [0.29, 0.717) is 31.7 Å². The van der Waals surface area contributed by atoms with Gasteiger partial charge in [-0.15, -0.1) is 0 Å². The third kappa shape index (κ3) is 5.15. The zero-order valence-electron chi connectivity index (χ0n) is 12.2. The van der Waals surface area contributed by atoms with Crippen LogP contribution in [0.5, 0.6) is 0 Å². The zero-order chi connectivity index (χ0) is 14.2. The van der Waals surface area contributed by atoms with Crippen molar-refractivity contribution in [3.05, 3.63) is 24.0 Å². The van der Waals surface area contributed by atoms with E-state index < -0.39 is 6.10 Å². The van der Waals surface area contributed by atoms with Gasteiger partial charge in [0.25, 0.3) is 0 Å². The molecule has 2 N–H and O–H groups in total. The largest absolute Gasteiger partial charge is 0.389 e. The monoisotopic (exact) mass is 279 g/mol. The van der Waals surface area contributed by atoms with Crippen molar-refractivity contribution in [1.29, 1.82) is 0 Å². The van der Waals surface area contributed by atoms with Crippen LogP contribution in [0.25, 0.3) is 0 Å². The first-order chi connectivity index (χ1) is 9.75. The Hall–Kier alpha value is -1.04. The van der Waals surface area contributed by atoms with Crippen LogP contribution < -0.4 is 5.32 Å². The summed E-state index contributed by atoms with van der Waals surface area (Å²) in [5, 5.41) is 20.9. The van der Waals surface area contributed by atoms with Gasteiger partial charge in [0.2, 0.25) is 0 Å². The molecule has 112 valence electrons. The molecule has 3 unspecified atom stereocenters. The Kier molecular flexibility index (Phi) is 6.36. The quantitative estimate of drug-likeness (QED) is 0.792. The van der Waals surface area contributed by atoms with Crippen LogP contribution in [-0.4, -0.2) is 40.7 Å². The van der Waals surface area contributed by atoms with E-state index in [4.69, 9.17) is 4.74 Å². The maximum atomic E-state index is 9.92. The van der Waals surface area contributed by atoms with Crippen molar-refractivity contribution < 1.29 is 9.84 Å². The van der Waals surface area contributed by atoms with Crippen molar-refractivity contribution >= 4 is 0 Å². The third-order valence-electron chi connectivity index (χ3n) is 3.85. The normalized spacial score (nSPS) is 24.5. The van der Waals surface area contributed by atoms with Crippen LogP contribution in [0.2, 0.25) is 0 Å². The van der Waals surface area contributed by atoms with E-state index in [1.54, 1.807) is 6.20 Å². The number of hydrogen-bond donors (Lipinski definition) is 2. The number of nitrogens with one attached hydrogen (secondary N) is 1. The van der Waals surface area contributed by atoms with Crippen LogP contribution in [0.15, 0.2) is 18.3 Å². The Morgan fingerprint density at radius 1 is 1.45 bits per heavy atom. The van der Waals surface area contributed by atoms with Crippen LogP contribution in [0.1, 0.15) is 38.3 Å². The third-order valence-corrected chi connectivity index (χ3v) is 3.85. The van der Waals surface area contributed by atoms with Gasteiger partial charge in [-0.3, -0.25) is 0 Å². The summed E-state index contributed by atoms with van der Waals surface area (Å²) in [5.74, 6) is 0.614. The molecule has 3 atom stereocenters. The van der Waals surface area contributed by atoms with E-state index in [9.17, 15) is 5.11 Å². The summed E-state index contributed by atoms with van der Waals surface area (Å²) in [6.07, 6.45) is 6.42. The van der Waals surface area contributed by atoms with Crippen molar-refractivity contribution in [3.63, 3.8) is 0 Å². The van der Waals surface area contributed by atoms with Gasteiger partial charge in [-0.1, -0.05) is 19.8 Å². The highest BCUT2D eigenvalue weighted by molar-refractivity contribution is 4.98. The Bertz CT molecular complexity index is 375. The van der Waals surface area contributed by atoms with Crippen LogP contribution in [0.3, 0.4) is 0 Å². The lowest BCUT2D eigenvalue weighted by Gasteiger charge is -2.29. The maximum absolute atomic E-state index is 9.92. The first-order valence-corrected chi connectivity index (χ1v) is 7.52. The van der Waals surface area contributed by atoms with Gasteiger partial charge in [-0.25, -0.2) is 0 Å². The summed E-state index contributed by atoms with van der Waals surface area (Å²) < 4.78 is 5.84. The molecule has 20 heavy (non-hydrogen) atoms. The van der Waals surface area contributed by atoms with Gasteiger partial charge < -0.3 is 15.2 Å². The molecule has 0 aliphatic heterocycles. The average Bonchev–Trinajstić information content (AvgIpc) is 2.47. The van der Waals surface area contributed by atoms with Gasteiger partial charge in [0, 0.05) is 19.3 Å². The highest BCUT2D eigenvalue weighted by Gasteiger charge is 2.22. The van der Waals surface area contributed by atoms with Crippen molar-refractivity contribution in [2.45, 2.75) is 51.4 Å². The van der Waals surface area contributed by atoms with Crippen molar-refractivity contribution in [2.75, 3.05) is 13.2 Å². The SMILES string of the molecule is CC1CCCCC1OCC(O)CNCc1cccnn1. The molecule has 5 heteroatoms. The van der Waals surface area contributed by atoms with Gasteiger partial charge in [-0.05, 0) is 30.9 Å². The number of nitrogens with zero attached hydrogens (tertiary/aromatic N) is 2. The van der Waals surface area contributed by atoms with Gasteiger partial charge in [0.05, 0.1) is 24.5 Å². The highest BCUT2D eigenvalue weighted by atomic mass is 16.5. The second-order valence-electron chi connectivity index (χ2n) is 5.63. The van der Waals surface area contributed by atoms with E-state index in [-0.39, 0.29) is 0 Å². The van der Waals surface area contributed by atoms with Gasteiger partial charge in [-0.2, -0.15) is 10.2 Å². The minimum absolute atomic E-state index is 0.318. The molecule has 2 rings (SSSR count). The Labute approximate surface area is 120 Å². The lowest BCUT2D eigenvalue weighted by Crippen LogP contribution is -2.34. The molecule has 1 aromatic rings. The molecular formula is C15H25N3O2. The molecule has 0 bridgehead atoms. The molecule has 1 fully saturated rings. The van der Waals surface area contributed by atoms with Gasteiger partial charge >= 0.3 is 0 Å². The van der Waals surface area contributed by atoms with Gasteiger partial charge in [0.15, 0.2) is 0 Å². The summed E-state index contributed by atoms with van der Waals surface area (Å²) in [6, 6.07) is 3.76. The molecule has 1 heterocycles. The topological polar surface area (TPSA) is 67.3 Å². The fraction of sp³-hybridized carbons (Fsp3) is 0.733. The molecule has 0 aromatic carbocycles. The second-order valence-corrected chi connectivity index (χ2v) is 5.63. The highest BCUT2D eigenvalue weighted by Crippen LogP contribution is 2.26. The van der Waals surface area contributed by atoms with E-state index in [1.165, 1.54) is 19.3 Å². The molecule has 0 saturated heterocycles. The summed E-state index contributed by atoms with van der Waals surface area (Å²) in [4.78, 5) is 0. The average molecular weight is 279 g/mol. The summed E-state index contributed by atoms with van der Waals surface area (Å²) in [7, 11) is 0. The van der Waals surface area contributed by atoms with Crippen molar-refractivity contribution in [1.82, 2.24) is 15.5 Å². The molecule has 1 saturated carbocycles. The van der Waals surface area contributed by atoms with E-state index >= 15 is 0 Å². The van der Waals surface area contributed by atoms with Gasteiger partial charge in [0.1, 0.15) is 0 Å². The number of ether oxygens (including phenoxy) is 1. The molecule has 1 aliphatic rings. The molecule has 1 aliphatic carbocycles. The molecule has 0 amide bonds. The summed E-state index contributed by atoms with van der Waals surface area (Å²) in [6.45, 7) is 3.77. The standard InChI is InChI=1S/C15H25N3O2/c1-12-5-2-3-7-15(12)20-11-14(19)10-16-9-13-6-4-8-17-18-13/h4,6,8,12,14-16,19H,2-3,5,7,9-11H2,1H3. The van der Waals surface area contributed by atoms with Crippen LogP contribution >= 0.6 is 0 Å². The summed E-state index contributed by atoms with van der Waals surface area (Å²) >= 11 is 0. The molecule has 0 spiro atoms. The van der Waals surface area contributed by atoms with Crippen LogP contribution in [0.4, 0.5) is 0 Å². The lowest BCUT2D eigenvalue weighted by atomic mass is 9.88. The number of aromatic nitrogens is 2. The Balaban J connectivity index is 1.59. The summed E-state index contributed by atoms with van der Waals surface area (Å²) in [5.41, 5.74) is 0.876. The predicted molar refractivity (Wildman–Crippen MR) is 77.1 cm³/mol. The number of hydrogen-bond acceptors (Lipinski definition) is 5.